The van der Waals surface area contributed by atoms with Crippen molar-refractivity contribution in [3.8, 4) is 0 Å². The van der Waals surface area contributed by atoms with Gasteiger partial charge in [-0.1, -0.05) is 18.2 Å². The molecule has 1 aromatic carbocycles. The Kier molecular flexibility index (Phi) is 4.10. The number of imidazole rings is 1. The predicted octanol–water partition coefficient (Wildman–Crippen LogP) is 2.19. The number of rotatable bonds is 4. The van der Waals surface area contributed by atoms with Crippen LogP contribution in [-0.4, -0.2) is 9.55 Å². The highest BCUT2D eigenvalue weighted by Gasteiger charge is 2.30. The van der Waals surface area contributed by atoms with Gasteiger partial charge in [0.15, 0.2) is 0 Å². The Morgan fingerprint density at radius 2 is 2.15 bits per heavy atom. The molecule has 0 radical (unpaired) electrons. The van der Waals surface area contributed by atoms with Gasteiger partial charge in [-0.15, -0.1) is 0 Å². The van der Waals surface area contributed by atoms with Crippen LogP contribution in [0.25, 0.3) is 0 Å². The van der Waals surface area contributed by atoms with Crippen molar-refractivity contribution in [2.45, 2.75) is 18.6 Å². The molecule has 0 aliphatic heterocycles. The highest BCUT2D eigenvalue weighted by atomic mass is 19.4. The number of nitrogens with two attached hydrogens (primary N) is 1. The van der Waals surface area contributed by atoms with Crippen LogP contribution in [0.3, 0.4) is 0 Å². The number of nitrogens with zero attached hydrogens (tertiary/aromatic N) is 2. The lowest BCUT2D eigenvalue weighted by molar-refractivity contribution is -0.137. The van der Waals surface area contributed by atoms with Crippen LogP contribution < -0.4 is 11.3 Å². The van der Waals surface area contributed by atoms with Crippen molar-refractivity contribution in [2.24, 2.45) is 12.9 Å². The van der Waals surface area contributed by atoms with Crippen LogP contribution in [0, 0.1) is 0 Å². The zero-order valence-electron chi connectivity index (χ0n) is 10.9. The van der Waals surface area contributed by atoms with E-state index in [2.05, 4.69) is 10.4 Å². The van der Waals surface area contributed by atoms with E-state index in [1.165, 1.54) is 6.07 Å². The molecule has 0 saturated carbocycles. The minimum absolute atomic E-state index is 0.325. The highest BCUT2D eigenvalue weighted by molar-refractivity contribution is 5.26. The number of hydrazine groups is 1. The standard InChI is InChI=1S/C13H15F3N4/c1-20-6-5-18-12(20)11(19-17)8-9-3-2-4-10(7-9)13(14,15)16/h2-7,11,19H,8,17H2,1H3. The summed E-state index contributed by atoms with van der Waals surface area (Å²) in [6.07, 6.45) is -0.645. The molecule has 1 unspecified atom stereocenters. The molecule has 20 heavy (non-hydrogen) atoms. The van der Waals surface area contributed by atoms with Crippen LogP contribution in [0.4, 0.5) is 13.2 Å². The fourth-order valence-corrected chi connectivity index (χ4v) is 2.05. The number of aryl methyl sites for hydroxylation is 1. The zero-order chi connectivity index (χ0) is 14.8. The summed E-state index contributed by atoms with van der Waals surface area (Å²) in [4.78, 5) is 4.15. The molecule has 0 spiro atoms. The Morgan fingerprint density at radius 1 is 1.40 bits per heavy atom. The van der Waals surface area contributed by atoms with E-state index in [4.69, 9.17) is 5.84 Å². The second kappa shape index (κ2) is 5.64. The molecule has 0 bridgehead atoms. The molecular formula is C13H15F3N4. The first-order chi connectivity index (χ1) is 9.41. The fourth-order valence-electron chi connectivity index (χ4n) is 2.05. The molecule has 4 nitrogen and oxygen atoms in total. The Bertz CT molecular complexity index is 577. The molecule has 1 atom stereocenters. The van der Waals surface area contributed by atoms with Crippen LogP contribution in [0.15, 0.2) is 36.7 Å². The molecule has 0 saturated heterocycles. The van der Waals surface area contributed by atoms with E-state index in [0.29, 0.717) is 17.8 Å². The molecule has 1 aromatic heterocycles. The number of halogens is 3. The van der Waals surface area contributed by atoms with Crippen molar-refractivity contribution < 1.29 is 13.2 Å². The molecule has 0 aliphatic rings. The first-order valence-electron chi connectivity index (χ1n) is 6.01. The molecule has 0 amide bonds. The highest BCUT2D eigenvalue weighted by Crippen LogP contribution is 2.30. The fraction of sp³-hybridized carbons (Fsp3) is 0.308. The lowest BCUT2D eigenvalue weighted by Crippen LogP contribution is -2.31. The Balaban J connectivity index is 2.23. The summed E-state index contributed by atoms with van der Waals surface area (Å²) in [5.74, 6) is 6.15. The largest absolute Gasteiger partial charge is 0.416 e. The van der Waals surface area contributed by atoms with Gasteiger partial charge in [-0.3, -0.25) is 5.84 Å². The number of hydrogen-bond acceptors (Lipinski definition) is 3. The van der Waals surface area contributed by atoms with Gasteiger partial charge in [0.05, 0.1) is 11.6 Å². The third kappa shape index (κ3) is 3.17. The van der Waals surface area contributed by atoms with E-state index in [1.54, 1.807) is 30.1 Å². The smallest absolute Gasteiger partial charge is 0.337 e. The molecule has 0 fully saturated rings. The van der Waals surface area contributed by atoms with Crippen LogP contribution >= 0.6 is 0 Å². The molecule has 3 N–H and O–H groups in total. The second-order valence-corrected chi connectivity index (χ2v) is 4.52. The van der Waals surface area contributed by atoms with Crippen LogP contribution in [-0.2, 0) is 19.6 Å². The number of aromatic nitrogens is 2. The summed E-state index contributed by atoms with van der Waals surface area (Å²) in [7, 11) is 1.80. The quantitative estimate of drug-likeness (QED) is 0.668. The third-order valence-corrected chi connectivity index (χ3v) is 3.07. The first-order valence-corrected chi connectivity index (χ1v) is 6.01. The van der Waals surface area contributed by atoms with E-state index < -0.39 is 11.7 Å². The average Bonchev–Trinajstić information content (AvgIpc) is 2.81. The maximum atomic E-state index is 12.7. The average molecular weight is 284 g/mol. The third-order valence-electron chi connectivity index (χ3n) is 3.07. The van der Waals surface area contributed by atoms with E-state index in [0.717, 1.165) is 12.1 Å². The van der Waals surface area contributed by atoms with Crippen molar-refractivity contribution in [1.29, 1.82) is 0 Å². The summed E-state index contributed by atoms with van der Waals surface area (Å²) in [5.41, 5.74) is 2.47. The number of hydrogen-bond donors (Lipinski definition) is 2. The van der Waals surface area contributed by atoms with Gasteiger partial charge >= 0.3 is 6.18 Å². The molecule has 108 valence electrons. The van der Waals surface area contributed by atoms with Gasteiger partial charge in [0, 0.05) is 19.4 Å². The summed E-state index contributed by atoms with van der Waals surface area (Å²) in [6.45, 7) is 0. The minimum atomic E-state index is -4.34. The SMILES string of the molecule is Cn1ccnc1C(Cc1cccc(C(F)(F)F)c1)NN. The molecular weight excluding hydrogens is 269 g/mol. The van der Waals surface area contributed by atoms with Gasteiger partial charge in [0.1, 0.15) is 5.82 Å². The Hall–Kier alpha value is -1.86. The van der Waals surface area contributed by atoms with E-state index in [1.807, 2.05) is 0 Å². The van der Waals surface area contributed by atoms with E-state index in [9.17, 15) is 13.2 Å². The van der Waals surface area contributed by atoms with Crippen LogP contribution in [0.1, 0.15) is 23.0 Å². The second-order valence-electron chi connectivity index (χ2n) is 4.52. The molecule has 7 heteroatoms. The molecule has 2 rings (SSSR count). The number of alkyl halides is 3. The lowest BCUT2D eigenvalue weighted by atomic mass is 10.0. The molecule has 1 heterocycles. The molecule has 0 aliphatic carbocycles. The van der Waals surface area contributed by atoms with Crippen LogP contribution in [0.2, 0.25) is 0 Å². The number of nitrogens with one attached hydrogen (secondary N) is 1. The van der Waals surface area contributed by atoms with Gasteiger partial charge in [-0.2, -0.15) is 13.2 Å². The molecule has 2 aromatic rings. The van der Waals surface area contributed by atoms with Gasteiger partial charge in [-0.25, -0.2) is 10.4 Å². The van der Waals surface area contributed by atoms with Crippen molar-refractivity contribution in [3.63, 3.8) is 0 Å². The van der Waals surface area contributed by atoms with Crippen molar-refractivity contribution in [1.82, 2.24) is 15.0 Å². The minimum Gasteiger partial charge on any atom is -0.337 e. The zero-order valence-corrected chi connectivity index (χ0v) is 10.9. The first kappa shape index (κ1) is 14.5. The van der Waals surface area contributed by atoms with Gasteiger partial charge in [0.25, 0.3) is 0 Å². The van der Waals surface area contributed by atoms with Crippen molar-refractivity contribution in [2.75, 3.05) is 0 Å². The Labute approximate surface area is 114 Å². The maximum absolute atomic E-state index is 12.7. The van der Waals surface area contributed by atoms with Crippen molar-refractivity contribution >= 4 is 0 Å². The predicted molar refractivity (Wildman–Crippen MR) is 68.4 cm³/mol. The van der Waals surface area contributed by atoms with Crippen molar-refractivity contribution in [3.05, 3.63) is 53.6 Å². The topological polar surface area (TPSA) is 55.9 Å². The normalized spacial score (nSPS) is 13.4. The van der Waals surface area contributed by atoms with Gasteiger partial charge in [-0.05, 0) is 18.1 Å². The maximum Gasteiger partial charge on any atom is 0.416 e. The van der Waals surface area contributed by atoms with Crippen LogP contribution in [0.5, 0.6) is 0 Å². The van der Waals surface area contributed by atoms with Gasteiger partial charge < -0.3 is 4.57 Å². The summed E-state index contributed by atoms with van der Waals surface area (Å²) < 4.78 is 39.8. The monoisotopic (exact) mass is 284 g/mol. The van der Waals surface area contributed by atoms with E-state index >= 15 is 0 Å². The Morgan fingerprint density at radius 3 is 2.70 bits per heavy atom. The summed E-state index contributed by atoms with van der Waals surface area (Å²) >= 11 is 0. The number of benzene rings is 1. The summed E-state index contributed by atoms with van der Waals surface area (Å²) in [6, 6.07) is 4.87. The van der Waals surface area contributed by atoms with Gasteiger partial charge in [0.2, 0.25) is 0 Å². The summed E-state index contributed by atoms with van der Waals surface area (Å²) in [5, 5.41) is 0. The van der Waals surface area contributed by atoms with E-state index in [-0.39, 0.29) is 6.04 Å². The lowest BCUT2D eigenvalue weighted by Gasteiger charge is -2.16.